The topological polar surface area (TPSA) is 136 Å². The van der Waals surface area contributed by atoms with Crippen molar-refractivity contribution in [2.24, 2.45) is 0 Å². The van der Waals surface area contributed by atoms with E-state index in [2.05, 4.69) is 10.3 Å². The molecule has 8 nitrogen and oxygen atoms in total. The van der Waals surface area contributed by atoms with Gasteiger partial charge in [-0.15, -0.1) is 0 Å². The first-order chi connectivity index (χ1) is 20.1. The van der Waals surface area contributed by atoms with Gasteiger partial charge in [0.1, 0.15) is 17.0 Å². The average molecular weight is 578 g/mol. The maximum atomic E-state index is 12.6. The van der Waals surface area contributed by atoms with Gasteiger partial charge in [-0.2, -0.15) is 0 Å². The smallest absolute Gasteiger partial charge is 0.336 e. The second kappa shape index (κ2) is 10.3. The molecule has 4 aromatic rings. The van der Waals surface area contributed by atoms with Crippen molar-refractivity contribution in [3.63, 3.8) is 0 Å². The third-order valence-corrected chi connectivity index (χ3v) is 7.59. The summed E-state index contributed by atoms with van der Waals surface area (Å²) in [6.07, 6.45) is 0. The second-order valence-electron chi connectivity index (χ2n) is 10.1. The van der Waals surface area contributed by atoms with Crippen LogP contribution in [0.3, 0.4) is 0 Å². The first-order valence-electron chi connectivity index (χ1n) is 13.1. The van der Waals surface area contributed by atoms with Gasteiger partial charge >= 0.3 is 5.97 Å². The molecule has 3 aromatic carbocycles. The summed E-state index contributed by atoms with van der Waals surface area (Å²) in [5.41, 5.74) is 11.6. The fourth-order valence-corrected chi connectivity index (χ4v) is 5.38. The summed E-state index contributed by atoms with van der Waals surface area (Å²) in [5, 5.41) is 14.9. The van der Waals surface area contributed by atoms with Crippen LogP contribution in [0, 0.1) is 6.92 Å². The molecular weight excluding hydrogens is 554 g/mol. The molecule has 2 heterocycles. The number of benzene rings is 4. The van der Waals surface area contributed by atoms with E-state index < -0.39 is 11.4 Å². The van der Waals surface area contributed by atoms with E-state index in [1.54, 1.807) is 36.4 Å². The Morgan fingerprint density at radius 3 is 2.60 bits per heavy atom. The summed E-state index contributed by atoms with van der Waals surface area (Å²) in [6, 6.07) is 20.6. The Bertz CT molecular complexity index is 2120. The molecule has 0 unspecified atom stereocenters. The molecule has 208 valence electrons. The number of carbonyl (C=O) groups excluding carboxylic acids is 1. The predicted molar refractivity (Wildman–Crippen MR) is 165 cm³/mol. The lowest BCUT2D eigenvalue weighted by Crippen LogP contribution is -2.08. The van der Waals surface area contributed by atoms with E-state index in [4.69, 9.17) is 21.8 Å². The molecule has 2 aliphatic rings. The van der Waals surface area contributed by atoms with Gasteiger partial charge in [-0.3, -0.25) is 9.59 Å². The Labute approximate surface area is 244 Å². The number of pyridine rings is 1. The van der Waals surface area contributed by atoms with Gasteiger partial charge in [-0.1, -0.05) is 47.5 Å². The number of hydrogen-bond acceptors (Lipinski definition) is 7. The lowest BCUT2D eigenvalue weighted by molar-refractivity contribution is 0.0697. The number of carbonyl (C=O) groups is 2. The fraction of sp³-hybridized carbons (Fsp3) is 0.0909. The first kappa shape index (κ1) is 27.0. The van der Waals surface area contributed by atoms with Crippen molar-refractivity contribution in [3.05, 3.63) is 110 Å². The minimum absolute atomic E-state index is 0.00597. The first-order valence-corrected chi connectivity index (χ1v) is 13.5. The molecule has 0 saturated carbocycles. The number of carboxylic acid groups (broad SMARTS) is 1. The monoisotopic (exact) mass is 577 g/mol. The number of nitrogens with zero attached hydrogens (tertiary/aromatic N) is 1. The van der Waals surface area contributed by atoms with Crippen molar-refractivity contribution in [3.8, 4) is 22.5 Å². The molecule has 9 heteroatoms. The van der Waals surface area contributed by atoms with Crippen LogP contribution in [-0.2, 0) is 6.54 Å². The molecule has 1 aromatic heterocycles. The van der Waals surface area contributed by atoms with Crippen LogP contribution >= 0.6 is 11.6 Å². The van der Waals surface area contributed by atoms with E-state index in [0.717, 1.165) is 10.9 Å². The van der Waals surface area contributed by atoms with Crippen molar-refractivity contribution < 1.29 is 19.1 Å². The zero-order valence-electron chi connectivity index (χ0n) is 22.6. The summed E-state index contributed by atoms with van der Waals surface area (Å²) >= 11 is 6.26. The summed E-state index contributed by atoms with van der Waals surface area (Å²) < 4.78 is 6.33. The zero-order chi connectivity index (χ0) is 29.7. The number of nitrogens with two attached hydrogens (primary N) is 1. The lowest BCUT2D eigenvalue weighted by Gasteiger charge is -2.20. The number of carboxylic acids is 1. The Morgan fingerprint density at radius 2 is 1.83 bits per heavy atom. The summed E-state index contributed by atoms with van der Waals surface area (Å²) in [6.45, 7) is 3.55. The number of anilines is 2. The Kier molecular flexibility index (Phi) is 6.63. The van der Waals surface area contributed by atoms with E-state index in [1.165, 1.54) is 19.1 Å². The van der Waals surface area contributed by atoms with E-state index in [0.29, 0.717) is 55.8 Å². The van der Waals surface area contributed by atoms with Gasteiger partial charge < -0.3 is 20.6 Å². The van der Waals surface area contributed by atoms with Gasteiger partial charge in [0.15, 0.2) is 5.78 Å². The highest BCUT2D eigenvalue weighted by molar-refractivity contribution is 6.31. The summed E-state index contributed by atoms with van der Waals surface area (Å²) in [5.74, 6) is -0.989. The molecule has 1 aliphatic heterocycles. The van der Waals surface area contributed by atoms with Crippen LogP contribution in [0.15, 0.2) is 82.0 Å². The van der Waals surface area contributed by atoms with Crippen molar-refractivity contribution in [2.45, 2.75) is 20.4 Å². The largest absolute Gasteiger partial charge is 0.478 e. The Morgan fingerprint density at radius 1 is 1.02 bits per heavy atom. The zero-order valence-corrected chi connectivity index (χ0v) is 23.4. The molecule has 0 saturated heterocycles. The lowest BCUT2D eigenvalue weighted by atomic mass is 9.89. The molecule has 0 radical (unpaired) electrons. The Balaban J connectivity index is 1.59. The molecule has 0 fully saturated rings. The highest BCUT2D eigenvalue weighted by Crippen LogP contribution is 2.44. The van der Waals surface area contributed by atoms with E-state index in [9.17, 15) is 19.5 Å². The van der Waals surface area contributed by atoms with Crippen LogP contribution < -0.4 is 16.5 Å². The SMILES string of the molecule is CC(=O)c1ccc2cccc(NCc3c(N)ccc4c(-c5cc(C)ccc5C(=O)O)c5cc(Cl)c(=O)cc-5oc34)c2n1. The summed E-state index contributed by atoms with van der Waals surface area (Å²) in [7, 11) is 0. The number of nitrogens with one attached hydrogen (secondary N) is 1. The quantitative estimate of drug-likeness (QED) is 0.108. The van der Waals surface area contributed by atoms with E-state index >= 15 is 0 Å². The molecule has 4 N–H and O–H groups in total. The number of fused-ring (bicyclic) bond motifs is 3. The number of ketones is 1. The standard InChI is InChI=1S/C33H24ClN3O5/c1-16-6-8-19(33(40)41)21(12-16)30-20-9-10-25(35)23(32(20)42-29-14-28(39)24(34)13-22(29)30)15-36-27-5-3-4-18-7-11-26(17(2)38)37-31(18)27/h3-14,36H,15,35H2,1-2H3,(H,40,41). The molecule has 1 aliphatic carbocycles. The Hall–Kier alpha value is -5.21. The van der Waals surface area contributed by atoms with Gasteiger partial charge in [0.25, 0.3) is 0 Å². The third-order valence-electron chi connectivity index (χ3n) is 7.29. The minimum atomic E-state index is -1.09. The number of aromatic carboxylic acids is 1. The van der Waals surface area contributed by atoms with Gasteiger partial charge in [0, 0.05) is 52.7 Å². The molecular formula is C33H24ClN3O5. The van der Waals surface area contributed by atoms with Crippen LogP contribution in [0.2, 0.25) is 5.02 Å². The normalized spacial score (nSPS) is 11.3. The number of nitrogen functional groups attached to an aromatic ring is 1. The maximum Gasteiger partial charge on any atom is 0.336 e. The second-order valence-corrected chi connectivity index (χ2v) is 10.5. The number of rotatable bonds is 6. The van der Waals surface area contributed by atoms with E-state index in [-0.39, 0.29) is 28.7 Å². The van der Waals surface area contributed by atoms with Crippen LogP contribution in [0.1, 0.15) is 38.9 Å². The third kappa shape index (κ3) is 4.61. The fourth-order valence-electron chi connectivity index (χ4n) is 5.22. The molecule has 42 heavy (non-hydrogen) atoms. The molecule has 6 rings (SSSR count). The van der Waals surface area contributed by atoms with Gasteiger partial charge in [0.05, 0.1) is 21.8 Å². The van der Waals surface area contributed by atoms with Crippen LogP contribution in [0.5, 0.6) is 0 Å². The number of Topliss-reactive ketones (excluding diaryl/α,β-unsaturated/α-hetero) is 1. The van der Waals surface area contributed by atoms with Crippen molar-refractivity contribution >= 4 is 56.6 Å². The minimum Gasteiger partial charge on any atom is -0.478 e. The number of aromatic nitrogens is 1. The van der Waals surface area contributed by atoms with Gasteiger partial charge in [-0.05, 0) is 48.9 Å². The van der Waals surface area contributed by atoms with Gasteiger partial charge in [-0.25, -0.2) is 9.78 Å². The van der Waals surface area contributed by atoms with Gasteiger partial charge in [0.2, 0.25) is 5.43 Å². The maximum absolute atomic E-state index is 12.6. The van der Waals surface area contributed by atoms with Crippen LogP contribution in [0.4, 0.5) is 11.4 Å². The number of para-hydroxylation sites is 1. The summed E-state index contributed by atoms with van der Waals surface area (Å²) in [4.78, 5) is 41.4. The molecule has 0 atom stereocenters. The molecule has 0 spiro atoms. The average Bonchev–Trinajstić information content (AvgIpc) is 2.96. The highest BCUT2D eigenvalue weighted by Gasteiger charge is 2.24. The van der Waals surface area contributed by atoms with Crippen molar-refractivity contribution in [2.75, 3.05) is 11.1 Å². The predicted octanol–water partition coefficient (Wildman–Crippen LogP) is 7.17. The molecule has 0 bridgehead atoms. The highest BCUT2D eigenvalue weighted by atomic mass is 35.5. The number of hydrogen-bond donors (Lipinski definition) is 3. The molecule has 0 amide bonds. The van der Waals surface area contributed by atoms with Crippen molar-refractivity contribution in [1.29, 1.82) is 0 Å². The van der Waals surface area contributed by atoms with Crippen molar-refractivity contribution in [1.82, 2.24) is 4.98 Å². The van der Waals surface area contributed by atoms with E-state index in [1.807, 2.05) is 31.2 Å². The number of aryl methyl sites for hydroxylation is 1. The number of halogens is 1. The van der Waals surface area contributed by atoms with Crippen LogP contribution in [0.25, 0.3) is 44.3 Å². The van der Waals surface area contributed by atoms with Crippen LogP contribution in [-0.4, -0.2) is 21.8 Å².